The molecule has 1 aromatic carbocycles. The van der Waals surface area contributed by atoms with Crippen molar-refractivity contribution < 1.29 is 23.8 Å². The second-order valence-corrected chi connectivity index (χ2v) is 7.07. The lowest BCUT2D eigenvalue weighted by molar-refractivity contribution is -0.149. The Morgan fingerprint density at radius 2 is 1.72 bits per heavy atom. The SMILES string of the molecule is CC(C)[C@H](NC(=O)OC(C)(C)C)C(=O)OCCOCc1ccccc1. The molecule has 6 nitrogen and oxygen atoms in total. The summed E-state index contributed by atoms with van der Waals surface area (Å²) in [6, 6.07) is 8.98. The summed E-state index contributed by atoms with van der Waals surface area (Å²) in [5.41, 5.74) is 0.432. The number of benzene rings is 1. The van der Waals surface area contributed by atoms with Crippen molar-refractivity contribution in [2.24, 2.45) is 5.92 Å². The lowest BCUT2D eigenvalue weighted by Crippen LogP contribution is -2.47. The van der Waals surface area contributed by atoms with Gasteiger partial charge in [0, 0.05) is 0 Å². The summed E-state index contributed by atoms with van der Waals surface area (Å²) in [6.07, 6.45) is -0.636. The van der Waals surface area contributed by atoms with Gasteiger partial charge in [-0.25, -0.2) is 9.59 Å². The highest BCUT2D eigenvalue weighted by atomic mass is 16.6. The molecule has 6 heteroatoms. The molecule has 0 heterocycles. The maximum Gasteiger partial charge on any atom is 0.408 e. The number of esters is 1. The van der Waals surface area contributed by atoms with E-state index in [4.69, 9.17) is 14.2 Å². The summed E-state index contributed by atoms with van der Waals surface area (Å²) in [5, 5.41) is 2.56. The molecule has 0 aromatic heterocycles. The van der Waals surface area contributed by atoms with Crippen molar-refractivity contribution in [1.82, 2.24) is 5.32 Å². The predicted octanol–water partition coefficient (Wildman–Crippen LogP) is 3.30. The van der Waals surface area contributed by atoms with E-state index in [1.807, 2.05) is 44.2 Å². The number of nitrogens with one attached hydrogen (secondary N) is 1. The fourth-order valence-electron chi connectivity index (χ4n) is 1.99. The lowest BCUT2D eigenvalue weighted by Gasteiger charge is -2.24. The number of carbonyl (C=O) groups excluding carboxylic acids is 2. The molecule has 0 aliphatic carbocycles. The van der Waals surface area contributed by atoms with Crippen molar-refractivity contribution in [3.05, 3.63) is 35.9 Å². The zero-order chi connectivity index (χ0) is 18.9. The molecule has 0 spiro atoms. The van der Waals surface area contributed by atoms with Gasteiger partial charge >= 0.3 is 12.1 Å². The van der Waals surface area contributed by atoms with Crippen LogP contribution in [0.15, 0.2) is 30.3 Å². The summed E-state index contributed by atoms with van der Waals surface area (Å²) in [5.74, 6) is -0.616. The molecule has 0 saturated heterocycles. The number of alkyl carbamates (subject to hydrolysis) is 1. The summed E-state index contributed by atoms with van der Waals surface area (Å²) in [4.78, 5) is 24.0. The van der Waals surface area contributed by atoms with Crippen LogP contribution in [0.1, 0.15) is 40.2 Å². The van der Waals surface area contributed by atoms with Crippen LogP contribution in [-0.2, 0) is 25.6 Å². The zero-order valence-corrected chi connectivity index (χ0v) is 15.7. The van der Waals surface area contributed by atoms with Crippen LogP contribution in [0.3, 0.4) is 0 Å². The van der Waals surface area contributed by atoms with Crippen LogP contribution < -0.4 is 5.32 Å². The molecule has 0 radical (unpaired) electrons. The van der Waals surface area contributed by atoms with E-state index < -0.39 is 23.7 Å². The molecule has 1 N–H and O–H groups in total. The van der Waals surface area contributed by atoms with E-state index in [9.17, 15) is 9.59 Å². The van der Waals surface area contributed by atoms with E-state index in [2.05, 4.69) is 5.32 Å². The van der Waals surface area contributed by atoms with Crippen molar-refractivity contribution in [2.75, 3.05) is 13.2 Å². The molecule has 1 aromatic rings. The maximum absolute atomic E-state index is 12.2. The van der Waals surface area contributed by atoms with Crippen LogP contribution in [0.2, 0.25) is 0 Å². The van der Waals surface area contributed by atoms with Gasteiger partial charge in [-0.05, 0) is 32.3 Å². The van der Waals surface area contributed by atoms with Gasteiger partial charge in [0.25, 0.3) is 0 Å². The molecule has 1 amide bonds. The van der Waals surface area contributed by atoms with E-state index in [1.54, 1.807) is 20.8 Å². The average molecular weight is 351 g/mol. The van der Waals surface area contributed by atoms with Crippen LogP contribution in [0.25, 0.3) is 0 Å². The van der Waals surface area contributed by atoms with E-state index in [-0.39, 0.29) is 19.1 Å². The molecule has 0 saturated carbocycles. The van der Waals surface area contributed by atoms with Gasteiger partial charge in [0.1, 0.15) is 18.2 Å². The average Bonchev–Trinajstić information content (AvgIpc) is 2.51. The summed E-state index contributed by atoms with van der Waals surface area (Å²) in [7, 11) is 0. The fraction of sp³-hybridized carbons (Fsp3) is 0.579. The Bertz CT molecular complexity index is 536. The largest absolute Gasteiger partial charge is 0.462 e. The Kier molecular flexibility index (Phi) is 8.41. The monoisotopic (exact) mass is 351 g/mol. The van der Waals surface area contributed by atoms with Crippen LogP contribution in [0.4, 0.5) is 4.79 Å². The molecule has 140 valence electrons. The van der Waals surface area contributed by atoms with E-state index >= 15 is 0 Å². The van der Waals surface area contributed by atoms with Crippen molar-refractivity contribution in [1.29, 1.82) is 0 Å². The molecule has 0 bridgehead atoms. The number of rotatable bonds is 8. The van der Waals surface area contributed by atoms with Gasteiger partial charge in [0.2, 0.25) is 0 Å². The van der Waals surface area contributed by atoms with Gasteiger partial charge in [-0.1, -0.05) is 44.2 Å². The van der Waals surface area contributed by atoms with Crippen molar-refractivity contribution >= 4 is 12.1 Å². The fourth-order valence-corrected chi connectivity index (χ4v) is 1.99. The predicted molar refractivity (Wildman–Crippen MR) is 95.1 cm³/mol. The molecule has 0 aliphatic heterocycles. The van der Waals surface area contributed by atoms with Crippen LogP contribution in [0.5, 0.6) is 0 Å². The molecule has 1 rings (SSSR count). The number of amides is 1. The van der Waals surface area contributed by atoms with Crippen molar-refractivity contribution in [3.8, 4) is 0 Å². The summed E-state index contributed by atoms with van der Waals surface area (Å²) >= 11 is 0. The Balaban J connectivity index is 2.34. The van der Waals surface area contributed by atoms with Crippen molar-refractivity contribution in [3.63, 3.8) is 0 Å². The molecule has 0 fully saturated rings. The number of carbonyl (C=O) groups is 2. The minimum atomic E-state index is -0.760. The van der Waals surface area contributed by atoms with Gasteiger partial charge < -0.3 is 19.5 Å². The minimum absolute atomic E-state index is 0.120. The highest BCUT2D eigenvalue weighted by molar-refractivity contribution is 5.81. The number of hydrogen-bond acceptors (Lipinski definition) is 5. The third-order valence-electron chi connectivity index (χ3n) is 3.18. The van der Waals surface area contributed by atoms with E-state index in [0.29, 0.717) is 6.61 Å². The third kappa shape index (κ3) is 9.10. The highest BCUT2D eigenvalue weighted by Gasteiger charge is 2.28. The van der Waals surface area contributed by atoms with E-state index in [1.165, 1.54) is 0 Å². The first-order chi connectivity index (χ1) is 11.7. The summed E-state index contributed by atoms with van der Waals surface area (Å²) < 4.78 is 15.8. The number of ether oxygens (including phenoxy) is 3. The molecular formula is C19H29NO5. The standard InChI is InChI=1S/C19H29NO5/c1-14(2)16(20-18(22)25-19(3,4)5)17(21)24-12-11-23-13-15-9-7-6-8-10-15/h6-10,14,16H,11-13H2,1-5H3,(H,20,22)/t16-/m0/s1. The van der Waals surface area contributed by atoms with Gasteiger partial charge in [-0.15, -0.1) is 0 Å². The second-order valence-electron chi connectivity index (χ2n) is 7.07. The first kappa shape index (κ1) is 21.0. The topological polar surface area (TPSA) is 73.9 Å². The maximum atomic E-state index is 12.2. The molecule has 0 unspecified atom stereocenters. The normalized spacial score (nSPS) is 12.6. The first-order valence-electron chi connectivity index (χ1n) is 8.47. The number of hydrogen-bond donors (Lipinski definition) is 1. The quantitative estimate of drug-likeness (QED) is 0.575. The first-order valence-corrected chi connectivity index (χ1v) is 8.47. The van der Waals surface area contributed by atoms with Gasteiger partial charge in [0.05, 0.1) is 13.2 Å². The van der Waals surface area contributed by atoms with Gasteiger partial charge in [-0.3, -0.25) is 0 Å². The van der Waals surface area contributed by atoms with Gasteiger partial charge in [0.15, 0.2) is 0 Å². The molecule has 0 aliphatic rings. The summed E-state index contributed by atoms with van der Waals surface area (Å²) in [6.45, 7) is 9.83. The smallest absolute Gasteiger partial charge is 0.408 e. The van der Waals surface area contributed by atoms with Crippen molar-refractivity contribution in [2.45, 2.75) is 52.9 Å². The molecule has 1 atom stereocenters. The van der Waals surface area contributed by atoms with Crippen LogP contribution in [-0.4, -0.2) is 36.9 Å². The van der Waals surface area contributed by atoms with Crippen LogP contribution in [0, 0.1) is 5.92 Å². The molecular weight excluding hydrogens is 322 g/mol. The minimum Gasteiger partial charge on any atom is -0.462 e. The Hall–Kier alpha value is -2.08. The lowest BCUT2D eigenvalue weighted by atomic mass is 10.1. The second kappa shape index (κ2) is 10.0. The van der Waals surface area contributed by atoms with Crippen LogP contribution >= 0.6 is 0 Å². The zero-order valence-electron chi connectivity index (χ0n) is 15.7. The Labute approximate surface area is 149 Å². The van der Waals surface area contributed by atoms with E-state index in [0.717, 1.165) is 5.56 Å². The Morgan fingerprint density at radius 1 is 1.08 bits per heavy atom. The third-order valence-corrected chi connectivity index (χ3v) is 3.18. The molecule has 25 heavy (non-hydrogen) atoms. The van der Waals surface area contributed by atoms with Gasteiger partial charge in [-0.2, -0.15) is 0 Å². The highest BCUT2D eigenvalue weighted by Crippen LogP contribution is 2.09. The Morgan fingerprint density at radius 3 is 2.28 bits per heavy atom.